The highest BCUT2D eigenvalue weighted by molar-refractivity contribution is 6.35. The van der Waals surface area contributed by atoms with Crippen LogP contribution in [0.4, 0.5) is 5.69 Å². The summed E-state index contributed by atoms with van der Waals surface area (Å²) in [6.45, 7) is 6.56. The van der Waals surface area contributed by atoms with Crippen LogP contribution < -0.4 is 10.1 Å². The van der Waals surface area contributed by atoms with Crippen molar-refractivity contribution in [2.24, 2.45) is 5.92 Å². The van der Waals surface area contributed by atoms with Gasteiger partial charge in [-0.25, -0.2) is 0 Å². The van der Waals surface area contributed by atoms with E-state index in [0.29, 0.717) is 10.8 Å². The molecule has 0 radical (unpaired) electrons. The topological polar surface area (TPSA) is 61.7 Å². The molecule has 2 aromatic rings. The zero-order valence-corrected chi connectivity index (χ0v) is 18.9. The number of anilines is 1. The summed E-state index contributed by atoms with van der Waals surface area (Å²) in [6, 6.07) is 7.59. The lowest BCUT2D eigenvalue weighted by Crippen LogP contribution is -2.33. The molecular weight excluding hydrogens is 410 g/mol. The average Bonchev–Trinajstić information content (AvgIpc) is 2.74. The van der Waals surface area contributed by atoms with Crippen molar-refractivity contribution in [2.45, 2.75) is 51.7 Å². The van der Waals surface area contributed by atoms with Crippen LogP contribution in [-0.4, -0.2) is 22.4 Å². The maximum absolute atomic E-state index is 10.3. The molecule has 5 rings (SSSR count). The van der Waals surface area contributed by atoms with Crippen LogP contribution in [0.3, 0.4) is 0 Å². The molecule has 0 amide bonds. The number of fused-ring (bicyclic) bond motifs is 5. The number of phenolic OH excluding ortho intramolecular Hbond substituents is 1. The highest BCUT2D eigenvalue weighted by atomic mass is 35.5. The third-order valence-corrected chi connectivity index (χ3v) is 7.02. The fraction of sp³-hybridized carbons (Fsp3) is 0.385. The molecule has 0 saturated carbocycles. The van der Waals surface area contributed by atoms with Gasteiger partial charge in [-0.2, -0.15) is 0 Å². The van der Waals surface area contributed by atoms with E-state index in [9.17, 15) is 10.2 Å². The number of phenols is 1. The van der Waals surface area contributed by atoms with Crippen LogP contribution in [0.5, 0.6) is 11.5 Å². The monoisotopic (exact) mass is 437 g/mol. The van der Waals surface area contributed by atoms with Gasteiger partial charge in [-0.15, -0.1) is 0 Å². The van der Waals surface area contributed by atoms with Crippen LogP contribution >= 0.6 is 11.6 Å². The van der Waals surface area contributed by atoms with E-state index in [1.54, 1.807) is 12.1 Å². The SMILES string of the molecule is CC1=CC(C)(C)Nc2ccc3c(c21)[C@H]([C@@H]1C=C(CO)CCC1)Oc1ccc(O)c(Cl)c1-3. The summed E-state index contributed by atoms with van der Waals surface area (Å²) < 4.78 is 6.62. The minimum absolute atomic E-state index is 0.0535. The van der Waals surface area contributed by atoms with Gasteiger partial charge in [0.15, 0.2) is 0 Å². The minimum Gasteiger partial charge on any atom is -0.506 e. The van der Waals surface area contributed by atoms with Crippen molar-refractivity contribution in [1.82, 2.24) is 0 Å². The van der Waals surface area contributed by atoms with Gasteiger partial charge >= 0.3 is 0 Å². The number of hydrogen-bond acceptors (Lipinski definition) is 4. The molecule has 162 valence electrons. The van der Waals surface area contributed by atoms with Crippen molar-refractivity contribution >= 4 is 22.9 Å². The standard InChI is InChI=1S/C26H28ClNO3/c1-14-12-26(2,3)28-18-8-7-17-22-20(10-9-19(30)24(22)27)31-25(23(17)21(14)18)16-6-4-5-15(11-16)13-29/h7-12,16,25,28-30H,4-6,13H2,1-3H3/t16-,25-/m0/s1. The zero-order valence-electron chi connectivity index (χ0n) is 18.1. The van der Waals surface area contributed by atoms with Crippen molar-refractivity contribution in [3.05, 3.63) is 58.1 Å². The molecule has 2 heterocycles. The normalized spacial score (nSPS) is 23.4. The number of nitrogens with one attached hydrogen (secondary N) is 1. The largest absolute Gasteiger partial charge is 0.506 e. The Kier molecular flexibility index (Phi) is 4.83. The van der Waals surface area contributed by atoms with Crippen LogP contribution in [0.25, 0.3) is 16.7 Å². The molecular formula is C26H28ClNO3. The minimum atomic E-state index is -0.189. The molecule has 31 heavy (non-hydrogen) atoms. The van der Waals surface area contributed by atoms with Crippen LogP contribution in [-0.2, 0) is 0 Å². The van der Waals surface area contributed by atoms with Gasteiger partial charge in [0.25, 0.3) is 0 Å². The van der Waals surface area contributed by atoms with E-state index in [0.717, 1.165) is 52.8 Å². The van der Waals surface area contributed by atoms with E-state index in [1.807, 2.05) is 0 Å². The Labute approximate surface area is 188 Å². The highest BCUT2D eigenvalue weighted by Crippen LogP contribution is 2.55. The van der Waals surface area contributed by atoms with Gasteiger partial charge in [0.2, 0.25) is 0 Å². The maximum Gasteiger partial charge on any atom is 0.135 e. The molecule has 2 aromatic carbocycles. The summed E-state index contributed by atoms with van der Waals surface area (Å²) in [5.74, 6) is 0.901. The molecule has 3 N–H and O–H groups in total. The van der Waals surface area contributed by atoms with Gasteiger partial charge in [0.1, 0.15) is 17.6 Å². The summed E-state index contributed by atoms with van der Waals surface area (Å²) in [5.41, 5.74) is 7.22. The first kappa shape index (κ1) is 20.5. The van der Waals surface area contributed by atoms with Gasteiger partial charge in [-0.3, -0.25) is 0 Å². The fourth-order valence-electron chi connectivity index (χ4n) is 5.46. The second-order valence-electron chi connectivity index (χ2n) is 9.47. The Hall–Kier alpha value is -2.43. The zero-order chi connectivity index (χ0) is 21.9. The van der Waals surface area contributed by atoms with Crippen molar-refractivity contribution in [3.63, 3.8) is 0 Å². The van der Waals surface area contributed by atoms with Gasteiger partial charge in [0.05, 0.1) is 17.2 Å². The molecule has 4 nitrogen and oxygen atoms in total. The number of allylic oxidation sites excluding steroid dienone is 1. The lowest BCUT2D eigenvalue weighted by Gasteiger charge is -2.40. The lowest BCUT2D eigenvalue weighted by molar-refractivity contribution is 0.144. The van der Waals surface area contributed by atoms with E-state index in [-0.39, 0.29) is 29.9 Å². The first-order valence-corrected chi connectivity index (χ1v) is 11.3. The van der Waals surface area contributed by atoms with Gasteiger partial charge in [-0.1, -0.05) is 29.8 Å². The molecule has 5 heteroatoms. The summed E-state index contributed by atoms with van der Waals surface area (Å²) in [4.78, 5) is 0. The van der Waals surface area contributed by atoms with Crippen LogP contribution in [0.1, 0.15) is 57.3 Å². The first-order chi connectivity index (χ1) is 14.8. The van der Waals surface area contributed by atoms with Crippen LogP contribution in [0.15, 0.2) is 42.0 Å². The van der Waals surface area contributed by atoms with Crippen LogP contribution in [0, 0.1) is 5.92 Å². The molecule has 3 aliphatic rings. The smallest absolute Gasteiger partial charge is 0.135 e. The lowest BCUT2D eigenvalue weighted by atomic mass is 9.76. The van der Waals surface area contributed by atoms with E-state index in [1.165, 1.54) is 5.57 Å². The maximum atomic E-state index is 10.3. The van der Waals surface area contributed by atoms with Crippen molar-refractivity contribution in [3.8, 4) is 22.6 Å². The summed E-state index contributed by atoms with van der Waals surface area (Å²) in [5, 5.41) is 24.0. The molecule has 0 aromatic heterocycles. The predicted octanol–water partition coefficient (Wildman–Crippen LogP) is 6.47. The molecule has 2 atom stereocenters. The Morgan fingerprint density at radius 1 is 1.19 bits per heavy atom. The highest BCUT2D eigenvalue weighted by Gasteiger charge is 2.38. The number of benzene rings is 2. The second-order valence-corrected chi connectivity index (χ2v) is 9.85. The molecule has 0 unspecified atom stereocenters. The molecule has 2 aliphatic heterocycles. The third kappa shape index (κ3) is 3.33. The number of halogens is 1. The molecule has 0 saturated heterocycles. The number of aromatic hydroxyl groups is 1. The quantitative estimate of drug-likeness (QED) is 0.471. The molecule has 0 spiro atoms. The Bertz CT molecular complexity index is 1130. The molecule has 0 bridgehead atoms. The Morgan fingerprint density at radius 2 is 2.00 bits per heavy atom. The number of hydrogen-bond donors (Lipinski definition) is 3. The van der Waals surface area contributed by atoms with Crippen molar-refractivity contribution in [2.75, 3.05) is 11.9 Å². The third-order valence-electron chi connectivity index (χ3n) is 6.64. The van der Waals surface area contributed by atoms with E-state index >= 15 is 0 Å². The Morgan fingerprint density at radius 3 is 2.77 bits per heavy atom. The molecule has 1 aliphatic carbocycles. The summed E-state index contributed by atoms with van der Waals surface area (Å²) in [7, 11) is 0. The average molecular weight is 438 g/mol. The van der Waals surface area contributed by atoms with Gasteiger partial charge < -0.3 is 20.3 Å². The van der Waals surface area contributed by atoms with Gasteiger partial charge in [0, 0.05) is 28.3 Å². The number of rotatable bonds is 2. The van der Waals surface area contributed by atoms with Crippen molar-refractivity contribution < 1.29 is 14.9 Å². The summed E-state index contributed by atoms with van der Waals surface area (Å²) in [6.07, 6.45) is 7.23. The van der Waals surface area contributed by atoms with E-state index in [2.05, 4.69) is 50.4 Å². The number of aliphatic hydroxyl groups excluding tert-OH is 1. The number of ether oxygens (including phenoxy) is 1. The Balaban J connectivity index is 1.77. The summed E-state index contributed by atoms with van der Waals surface area (Å²) >= 11 is 6.58. The van der Waals surface area contributed by atoms with Gasteiger partial charge in [-0.05, 0) is 74.9 Å². The molecule has 0 fully saturated rings. The van der Waals surface area contributed by atoms with E-state index in [4.69, 9.17) is 16.3 Å². The van der Waals surface area contributed by atoms with Crippen LogP contribution in [0.2, 0.25) is 5.02 Å². The first-order valence-electron chi connectivity index (χ1n) is 10.9. The van der Waals surface area contributed by atoms with E-state index < -0.39 is 0 Å². The predicted molar refractivity (Wildman–Crippen MR) is 126 cm³/mol. The second kappa shape index (κ2) is 7.32. The number of aliphatic hydroxyl groups is 1. The van der Waals surface area contributed by atoms with Crippen molar-refractivity contribution in [1.29, 1.82) is 0 Å². The fourth-order valence-corrected chi connectivity index (χ4v) is 5.72.